The third kappa shape index (κ3) is 5.23. The maximum Gasteiger partial charge on any atom is 0.258 e. The minimum Gasteiger partial charge on any atom is -0.457 e. The summed E-state index contributed by atoms with van der Waals surface area (Å²) in [5.41, 5.74) is 3.84. The number of hydrogen-bond donors (Lipinski definition) is 0. The number of anilines is 2. The van der Waals surface area contributed by atoms with Gasteiger partial charge in [-0.1, -0.05) is 24.3 Å². The molecule has 0 N–H and O–H groups in total. The molecule has 4 amide bonds. The SMILES string of the molecule is O=C1C=CC(=O)N1c1ccc(Oc2ccc(C3CC4CC3C3CCC(c5ccc(Oc6ccc(N7C(=O)C=CC7=O)cc6)cc5)C43)cc2)cc1. The van der Waals surface area contributed by atoms with E-state index >= 15 is 0 Å². The second-order valence-electron chi connectivity index (χ2n) is 13.9. The molecule has 0 radical (unpaired) electrons. The van der Waals surface area contributed by atoms with Gasteiger partial charge in [-0.3, -0.25) is 19.2 Å². The van der Waals surface area contributed by atoms with Crippen molar-refractivity contribution >= 4 is 35.0 Å². The lowest BCUT2D eigenvalue weighted by Crippen LogP contribution is -2.29. The van der Waals surface area contributed by atoms with E-state index in [2.05, 4.69) is 36.4 Å². The Balaban J connectivity index is 0.810. The molecule has 0 saturated heterocycles. The summed E-state index contributed by atoms with van der Waals surface area (Å²) in [4.78, 5) is 50.2. The molecular weight excluding hydrogens is 628 g/mol. The molecule has 2 aliphatic heterocycles. The van der Waals surface area contributed by atoms with Crippen LogP contribution in [0.15, 0.2) is 121 Å². The number of nitrogens with zero attached hydrogens (tertiary/aromatic N) is 2. The van der Waals surface area contributed by atoms with Crippen LogP contribution < -0.4 is 19.3 Å². The van der Waals surface area contributed by atoms with E-state index in [0.717, 1.165) is 39.1 Å². The van der Waals surface area contributed by atoms with Gasteiger partial charge in [0, 0.05) is 24.3 Å². The summed E-state index contributed by atoms with van der Waals surface area (Å²) in [6.45, 7) is 0. The normalized spacial score (nSPS) is 26.4. The quantitative estimate of drug-likeness (QED) is 0.177. The summed E-state index contributed by atoms with van der Waals surface area (Å²) in [5, 5.41) is 0. The van der Waals surface area contributed by atoms with Crippen molar-refractivity contribution in [2.24, 2.45) is 23.7 Å². The standard InChI is InChI=1S/C42H34N2O6/c45-38-19-20-39(46)43(38)28-5-13-32(14-6-28)49-30-9-1-25(2-10-30)34-17-18-35-37-24-27(42(34)35)23-36(37)26-3-11-31(12-4-26)50-33-15-7-29(8-16-33)44-40(47)21-22-41(44)48/h1-16,19-22,27,34-37,42H,17-18,23-24H2. The largest absolute Gasteiger partial charge is 0.457 e. The first-order valence-electron chi connectivity index (χ1n) is 17.3. The zero-order valence-corrected chi connectivity index (χ0v) is 27.2. The number of hydrogen-bond acceptors (Lipinski definition) is 6. The van der Waals surface area contributed by atoms with E-state index < -0.39 is 0 Å². The van der Waals surface area contributed by atoms with Crippen LogP contribution in [-0.2, 0) is 19.2 Å². The molecule has 50 heavy (non-hydrogen) atoms. The summed E-state index contributed by atoms with van der Waals surface area (Å²) < 4.78 is 12.2. The topological polar surface area (TPSA) is 93.2 Å². The van der Waals surface area contributed by atoms with Gasteiger partial charge in [0.05, 0.1) is 11.4 Å². The van der Waals surface area contributed by atoms with Crippen LogP contribution in [0.1, 0.15) is 48.6 Å². The van der Waals surface area contributed by atoms with E-state index in [1.807, 2.05) is 12.1 Å². The highest BCUT2D eigenvalue weighted by atomic mass is 16.5. The van der Waals surface area contributed by atoms with Crippen molar-refractivity contribution in [2.75, 3.05) is 9.80 Å². The van der Waals surface area contributed by atoms with Gasteiger partial charge in [-0.05, 0) is 145 Å². The van der Waals surface area contributed by atoms with Gasteiger partial charge in [-0.25, -0.2) is 9.80 Å². The molecule has 0 aromatic heterocycles. The number of carbonyl (C=O) groups is 4. The van der Waals surface area contributed by atoms with Gasteiger partial charge in [-0.15, -0.1) is 0 Å². The fourth-order valence-corrected chi connectivity index (χ4v) is 9.38. The Kier molecular flexibility index (Phi) is 7.26. The van der Waals surface area contributed by atoms with Crippen molar-refractivity contribution in [3.8, 4) is 23.0 Å². The number of rotatable bonds is 8. The molecule has 6 unspecified atom stereocenters. The van der Waals surface area contributed by atoms with E-state index in [1.165, 1.54) is 61.1 Å². The molecular formula is C42H34N2O6. The number of fused-ring (bicyclic) bond motifs is 5. The van der Waals surface area contributed by atoms with Gasteiger partial charge in [-0.2, -0.15) is 0 Å². The van der Waals surface area contributed by atoms with Gasteiger partial charge in [0.2, 0.25) is 0 Å². The summed E-state index contributed by atoms with van der Waals surface area (Å²) in [6, 6.07) is 31.1. The minimum atomic E-state index is -0.336. The third-order valence-electron chi connectivity index (χ3n) is 11.4. The average molecular weight is 663 g/mol. The zero-order valence-electron chi connectivity index (χ0n) is 27.2. The Hall–Kier alpha value is -5.76. The maximum atomic E-state index is 12.0. The maximum absolute atomic E-state index is 12.0. The summed E-state index contributed by atoms with van der Waals surface area (Å²) in [5.74, 6) is 5.56. The van der Waals surface area contributed by atoms with Gasteiger partial charge in [0.25, 0.3) is 23.6 Å². The van der Waals surface area contributed by atoms with Gasteiger partial charge in [0.1, 0.15) is 23.0 Å². The van der Waals surface area contributed by atoms with E-state index in [1.54, 1.807) is 48.5 Å². The van der Waals surface area contributed by atoms with Gasteiger partial charge in [0.15, 0.2) is 0 Å². The molecule has 2 bridgehead atoms. The molecule has 4 aromatic carbocycles. The van der Waals surface area contributed by atoms with Crippen LogP contribution in [0.4, 0.5) is 11.4 Å². The molecule has 9 rings (SSSR count). The molecule has 8 nitrogen and oxygen atoms in total. The minimum absolute atomic E-state index is 0.336. The second kappa shape index (κ2) is 12.0. The fraction of sp³-hybridized carbons (Fsp3) is 0.238. The Labute approximate surface area is 289 Å². The van der Waals surface area contributed by atoms with Crippen LogP contribution in [0.3, 0.4) is 0 Å². The van der Waals surface area contributed by atoms with E-state index in [4.69, 9.17) is 9.47 Å². The summed E-state index contributed by atoms with van der Waals surface area (Å²) >= 11 is 0. The highest BCUT2D eigenvalue weighted by Gasteiger charge is 2.57. The smallest absolute Gasteiger partial charge is 0.258 e. The lowest BCUT2D eigenvalue weighted by Gasteiger charge is -2.34. The van der Waals surface area contributed by atoms with Crippen molar-refractivity contribution in [1.82, 2.24) is 0 Å². The van der Waals surface area contributed by atoms with Crippen molar-refractivity contribution in [1.29, 1.82) is 0 Å². The second-order valence-corrected chi connectivity index (χ2v) is 13.9. The number of benzene rings is 4. The molecule has 248 valence electrons. The Morgan fingerprint density at radius 1 is 0.440 bits per heavy atom. The molecule has 2 heterocycles. The first-order valence-corrected chi connectivity index (χ1v) is 17.3. The van der Waals surface area contributed by atoms with E-state index in [-0.39, 0.29) is 23.6 Å². The highest BCUT2D eigenvalue weighted by Crippen LogP contribution is 2.67. The first-order chi connectivity index (χ1) is 24.4. The monoisotopic (exact) mass is 662 g/mol. The van der Waals surface area contributed by atoms with Crippen molar-refractivity contribution < 1.29 is 28.7 Å². The molecule has 6 atom stereocenters. The lowest BCUT2D eigenvalue weighted by molar-refractivity contribution is -0.121. The number of amides is 4. The van der Waals surface area contributed by atoms with Crippen molar-refractivity contribution in [3.05, 3.63) is 132 Å². The van der Waals surface area contributed by atoms with Crippen molar-refractivity contribution in [3.63, 3.8) is 0 Å². The summed E-state index contributed by atoms with van der Waals surface area (Å²) in [7, 11) is 0. The predicted molar refractivity (Wildman–Crippen MR) is 187 cm³/mol. The van der Waals surface area contributed by atoms with Crippen LogP contribution in [0.2, 0.25) is 0 Å². The van der Waals surface area contributed by atoms with Gasteiger partial charge < -0.3 is 9.47 Å². The fourth-order valence-electron chi connectivity index (χ4n) is 9.38. The molecule has 8 heteroatoms. The zero-order chi connectivity index (χ0) is 33.9. The highest BCUT2D eigenvalue weighted by molar-refractivity contribution is 6.28. The number of carbonyl (C=O) groups excluding carboxylic acids is 4. The molecule has 0 spiro atoms. The molecule has 3 aliphatic carbocycles. The summed E-state index contributed by atoms with van der Waals surface area (Å²) in [6.07, 6.45) is 10.1. The predicted octanol–water partition coefficient (Wildman–Crippen LogP) is 8.06. The Bertz CT molecular complexity index is 2030. The molecule has 5 aliphatic rings. The number of imide groups is 2. The van der Waals surface area contributed by atoms with Crippen LogP contribution in [0, 0.1) is 23.7 Å². The van der Waals surface area contributed by atoms with Crippen LogP contribution in [0.25, 0.3) is 0 Å². The van der Waals surface area contributed by atoms with Gasteiger partial charge >= 0.3 is 0 Å². The van der Waals surface area contributed by atoms with Crippen LogP contribution in [0.5, 0.6) is 23.0 Å². The van der Waals surface area contributed by atoms with Crippen LogP contribution >= 0.6 is 0 Å². The number of ether oxygens (including phenoxy) is 2. The molecule has 4 aromatic rings. The van der Waals surface area contributed by atoms with E-state index in [9.17, 15) is 19.2 Å². The Morgan fingerprint density at radius 2 is 0.840 bits per heavy atom. The Morgan fingerprint density at radius 3 is 1.28 bits per heavy atom. The molecule has 3 fully saturated rings. The first kappa shape index (κ1) is 30.3. The van der Waals surface area contributed by atoms with Crippen molar-refractivity contribution in [2.45, 2.75) is 37.5 Å². The van der Waals surface area contributed by atoms with Crippen LogP contribution in [-0.4, -0.2) is 23.6 Å². The lowest BCUT2D eigenvalue weighted by atomic mass is 9.70. The third-order valence-corrected chi connectivity index (χ3v) is 11.4. The van der Waals surface area contributed by atoms with E-state index in [0.29, 0.717) is 40.6 Å². The average Bonchev–Trinajstić information content (AvgIpc) is 3.96. The molecule has 3 saturated carbocycles.